The molecule has 3 heterocycles. The van der Waals surface area contributed by atoms with Gasteiger partial charge in [-0.1, -0.05) is 18.2 Å². The van der Waals surface area contributed by atoms with Gasteiger partial charge in [0, 0.05) is 29.9 Å². The predicted molar refractivity (Wildman–Crippen MR) is 145 cm³/mol. The molecule has 5 rings (SSSR count). The summed E-state index contributed by atoms with van der Waals surface area (Å²) in [5.74, 6) is 2.69. The smallest absolute Gasteiger partial charge is 0.259 e. The van der Waals surface area contributed by atoms with Crippen molar-refractivity contribution in [1.29, 1.82) is 5.26 Å². The Labute approximate surface area is 224 Å². The lowest BCUT2D eigenvalue weighted by atomic mass is 9.88. The molecule has 0 unspecified atom stereocenters. The summed E-state index contributed by atoms with van der Waals surface area (Å²) in [4.78, 5) is 22.2. The van der Waals surface area contributed by atoms with E-state index in [1.54, 1.807) is 35.4 Å². The van der Waals surface area contributed by atoms with Crippen LogP contribution in [0.5, 0.6) is 11.5 Å². The molecular weight excluding hydrogens is 488 g/mol. The zero-order valence-electron chi connectivity index (χ0n) is 20.9. The summed E-state index contributed by atoms with van der Waals surface area (Å²) >= 11 is 0. The Hall–Kier alpha value is -3.60. The van der Waals surface area contributed by atoms with Gasteiger partial charge in [0.1, 0.15) is 19.0 Å². The summed E-state index contributed by atoms with van der Waals surface area (Å²) in [6.45, 7) is 5.77. The number of likely N-dealkylation sites (tertiary alicyclic amines) is 1. The van der Waals surface area contributed by atoms with Crippen LogP contribution in [0.25, 0.3) is 0 Å². The number of anilines is 1. The molecule has 1 saturated heterocycles. The van der Waals surface area contributed by atoms with Crippen LogP contribution in [0.1, 0.15) is 47.2 Å². The van der Waals surface area contributed by atoms with Gasteiger partial charge < -0.3 is 9.47 Å². The van der Waals surface area contributed by atoms with Crippen molar-refractivity contribution in [3.05, 3.63) is 83.6 Å². The molecule has 2 aromatic carbocycles. The van der Waals surface area contributed by atoms with E-state index in [4.69, 9.17) is 14.7 Å². The van der Waals surface area contributed by atoms with Gasteiger partial charge in [-0.25, -0.2) is 4.98 Å². The average molecular weight is 519 g/mol. The summed E-state index contributed by atoms with van der Waals surface area (Å²) in [6.07, 6.45) is 3.76. The largest absolute Gasteiger partial charge is 0.486 e. The Morgan fingerprint density at radius 1 is 1.08 bits per heavy atom. The Bertz CT molecular complexity index is 1240. The van der Waals surface area contributed by atoms with Crippen LogP contribution < -0.4 is 14.4 Å². The number of halogens is 1. The highest BCUT2D eigenvalue weighted by atomic mass is 35.5. The fourth-order valence-corrected chi connectivity index (χ4v) is 5.09. The van der Waals surface area contributed by atoms with Crippen molar-refractivity contribution in [2.24, 2.45) is 0 Å². The molecule has 1 aromatic heterocycles. The van der Waals surface area contributed by atoms with Gasteiger partial charge in [0.15, 0.2) is 11.5 Å². The van der Waals surface area contributed by atoms with Crippen molar-refractivity contribution in [3.63, 3.8) is 0 Å². The van der Waals surface area contributed by atoms with Gasteiger partial charge in [0.25, 0.3) is 5.91 Å². The third-order valence-electron chi connectivity index (χ3n) is 7.07. The van der Waals surface area contributed by atoms with Crippen LogP contribution in [-0.4, -0.2) is 54.7 Å². The minimum atomic E-state index is -0.118. The molecule has 1 amide bonds. The molecule has 0 spiro atoms. The first-order valence-corrected chi connectivity index (χ1v) is 12.5. The van der Waals surface area contributed by atoms with Crippen molar-refractivity contribution < 1.29 is 14.3 Å². The van der Waals surface area contributed by atoms with Gasteiger partial charge in [-0.05, 0) is 81.2 Å². The number of ether oxygens (including phenoxy) is 2. The lowest BCUT2D eigenvalue weighted by Gasteiger charge is -2.38. The number of nitrogens with zero attached hydrogens (tertiary/aromatic N) is 4. The molecule has 0 aliphatic carbocycles. The first kappa shape index (κ1) is 26.5. The summed E-state index contributed by atoms with van der Waals surface area (Å²) in [6, 6.07) is 20.8. The Morgan fingerprint density at radius 3 is 2.54 bits per heavy atom. The molecule has 8 heteroatoms. The number of aromatic nitrogens is 1. The Balaban J connectivity index is 0.00000320. The molecule has 1 fully saturated rings. The SMILES string of the molecule is C[C@H](CN(C(=O)c1ccc(C#N)cc1)c1ccccn1)N1CCC(c2cccc3c2OCCO3)CC1.Cl. The predicted octanol–water partition coefficient (Wildman–Crippen LogP) is 5.06. The van der Waals surface area contributed by atoms with Crippen LogP contribution in [0.4, 0.5) is 5.82 Å². The summed E-state index contributed by atoms with van der Waals surface area (Å²) < 4.78 is 11.7. The quantitative estimate of drug-likeness (QED) is 0.454. The second kappa shape index (κ2) is 12.1. The average Bonchev–Trinajstić information content (AvgIpc) is 2.95. The molecule has 0 bridgehead atoms. The van der Waals surface area contributed by atoms with Crippen LogP contribution in [0.15, 0.2) is 66.9 Å². The molecule has 0 saturated carbocycles. The second-order valence-corrected chi connectivity index (χ2v) is 9.32. The van der Waals surface area contributed by atoms with E-state index in [1.807, 2.05) is 24.3 Å². The van der Waals surface area contributed by atoms with Gasteiger partial charge >= 0.3 is 0 Å². The van der Waals surface area contributed by atoms with Crippen molar-refractivity contribution in [2.75, 3.05) is 37.7 Å². The van der Waals surface area contributed by atoms with Crippen LogP contribution in [0, 0.1) is 11.3 Å². The number of fused-ring (bicyclic) bond motifs is 1. The summed E-state index contributed by atoms with van der Waals surface area (Å²) in [5, 5.41) is 9.09. The number of hydrogen-bond donors (Lipinski definition) is 0. The molecule has 37 heavy (non-hydrogen) atoms. The highest BCUT2D eigenvalue weighted by Crippen LogP contribution is 2.41. The number of piperidine rings is 1. The maximum Gasteiger partial charge on any atom is 0.259 e. The number of para-hydroxylation sites is 1. The molecule has 7 nitrogen and oxygen atoms in total. The number of carbonyl (C=O) groups is 1. The third-order valence-corrected chi connectivity index (χ3v) is 7.07. The Morgan fingerprint density at radius 2 is 1.84 bits per heavy atom. The first-order valence-electron chi connectivity index (χ1n) is 12.5. The van der Waals surface area contributed by atoms with Crippen LogP contribution in [0.2, 0.25) is 0 Å². The van der Waals surface area contributed by atoms with Gasteiger partial charge in [-0.3, -0.25) is 14.6 Å². The van der Waals surface area contributed by atoms with Gasteiger partial charge in [-0.15, -0.1) is 12.4 Å². The fourth-order valence-electron chi connectivity index (χ4n) is 5.09. The Kier molecular flexibility index (Phi) is 8.65. The number of benzene rings is 2. The molecule has 0 radical (unpaired) electrons. The van der Waals surface area contributed by atoms with Crippen LogP contribution in [-0.2, 0) is 0 Å². The summed E-state index contributed by atoms with van der Waals surface area (Å²) in [7, 11) is 0. The fraction of sp³-hybridized carbons (Fsp3) is 0.345. The second-order valence-electron chi connectivity index (χ2n) is 9.32. The van der Waals surface area contributed by atoms with Gasteiger partial charge in [-0.2, -0.15) is 5.26 Å². The zero-order valence-corrected chi connectivity index (χ0v) is 21.7. The van der Waals surface area contributed by atoms with E-state index in [2.05, 4.69) is 35.0 Å². The number of rotatable bonds is 6. The monoisotopic (exact) mass is 518 g/mol. The van der Waals surface area contributed by atoms with Crippen molar-refractivity contribution in [3.8, 4) is 17.6 Å². The number of amides is 1. The molecule has 0 N–H and O–H groups in total. The van der Waals surface area contributed by atoms with E-state index in [9.17, 15) is 4.79 Å². The van der Waals surface area contributed by atoms with Gasteiger partial charge in [0.2, 0.25) is 0 Å². The van der Waals surface area contributed by atoms with E-state index >= 15 is 0 Å². The van der Waals surface area contributed by atoms with E-state index < -0.39 is 0 Å². The van der Waals surface area contributed by atoms with Gasteiger partial charge in [0.05, 0.1) is 11.6 Å². The highest BCUT2D eigenvalue weighted by molar-refractivity contribution is 6.05. The molecule has 192 valence electrons. The lowest BCUT2D eigenvalue weighted by Crippen LogP contribution is -2.47. The third kappa shape index (κ3) is 5.87. The van der Waals surface area contributed by atoms with E-state index in [-0.39, 0.29) is 24.4 Å². The van der Waals surface area contributed by atoms with Crippen molar-refractivity contribution in [2.45, 2.75) is 31.7 Å². The highest BCUT2D eigenvalue weighted by Gasteiger charge is 2.30. The number of nitriles is 1. The molecule has 3 aromatic rings. The topological polar surface area (TPSA) is 78.7 Å². The molecule has 1 atom stereocenters. The molecule has 2 aliphatic rings. The van der Waals surface area contributed by atoms with Crippen molar-refractivity contribution >= 4 is 24.1 Å². The maximum absolute atomic E-state index is 13.5. The van der Waals surface area contributed by atoms with E-state index in [1.165, 1.54) is 5.56 Å². The van der Waals surface area contributed by atoms with E-state index in [0.29, 0.717) is 42.6 Å². The van der Waals surface area contributed by atoms with E-state index in [0.717, 1.165) is 37.4 Å². The standard InChI is InChI=1S/C29H30N4O3.ClH/c1-21(32-15-12-23(13-16-32)25-5-4-6-26-28(25)36-18-17-35-26)20-33(27-7-2-3-14-31-27)29(34)24-10-8-22(19-30)9-11-24;/h2-11,14,21,23H,12-13,15-18,20H2,1H3;1H/t21-;/m1./s1. The number of hydrogen-bond acceptors (Lipinski definition) is 6. The lowest BCUT2D eigenvalue weighted by molar-refractivity contribution is 0.0967. The molecular formula is C29H31ClN4O3. The minimum Gasteiger partial charge on any atom is -0.486 e. The normalized spacial score (nSPS) is 16.2. The number of pyridine rings is 1. The zero-order chi connectivity index (χ0) is 24.9. The first-order chi connectivity index (χ1) is 17.6. The van der Waals surface area contributed by atoms with Crippen LogP contribution in [0.3, 0.4) is 0 Å². The number of carbonyl (C=O) groups excluding carboxylic acids is 1. The summed E-state index contributed by atoms with van der Waals surface area (Å²) in [5.41, 5.74) is 2.32. The van der Waals surface area contributed by atoms with Crippen molar-refractivity contribution in [1.82, 2.24) is 9.88 Å². The van der Waals surface area contributed by atoms with Crippen LogP contribution >= 0.6 is 12.4 Å². The molecule has 2 aliphatic heterocycles. The minimum absolute atomic E-state index is 0. The maximum atomic E-state index is 13.5.